The lowest BCUT2D eigenvalue weighted by molar-refractivity contribution is -0.129. The molecule has 6 heteroatoms. The van der Waals surface area contributed by atoms with Crippen molar-refractivity contribution < 1.29 is 19.0 Å². The summed E-state index contributed by atoms with van der Waals surface area (Å²) in [6, 6.07) is 10.7. The molecule has 24 heavy (non-hydrogen) atoms. The van der Waals surface area contributed by atoms with E-state index in [1.54, 1.807) is 36.4 Å². The topological polar surface area (TPSA) is 61.8 Å². The number of methoxy groups -OCH3 is 1. The minimum absolute atomic E-state index is 0.0586. The molecule has 0 radical (unpaired) electrons. The maximum absolute atomic E-state index is 14.2. The second-order valence-corrected chi connectivity index (χ2v) is 5.69. The van der Waals surface area contributed by atoms with Gasteiger partial charge in [0.05, 0.1) is 7.11 Å². The molecule has 126 valence electrons. The third-order valence-electron chi connectivity index (χ3n) is 4.14. The number of carbonyl (C=O) groups is 1. The molecule has 3 rings (SSSR count). The Balaban J connectivity index is 1.90. The van der Waals surface area contributed by atoms with Crippen LogP contribution in [0.25, 0.3) is 0 Å². The number of piperazine rings is 1. The summed E-state index contributed by atoms with van der Waals surface area (Å²) >= 11 is 0. The van der Waals surface area contributed by atoms with E-state index in [2.05, 4.69) is 5.32 Å². The van der Waals surface area contributed by atoms with Crippen molar-refractivity contribution in [3.05, 3.63) is 59.4 Å². The van der Waals surface area contributed by atoms with E-state index >= 15 is 0 Å². The standard InChI is InChI=1S/C18H19FN2O3/c1-24-16-10-12(6-7-15(16)22)11-21-9-8-20-18(23)17(21)13-4-2-3-5-14(13)19/h2-7,10,17,22H,8-9,11H2,1H3,(H,20,23)/t17-/m0/s1. The number of ether oxygens (including phenoxy) is 1. The van der Waals surface area contributed by atoms with Gasteiger partial charge in [0, 0.05) is 25.2 Å². The summed E-state index contributed by atoms with van der Waals surface area (Å²) in [6.45, 7) is 1.57. The molecule has 1 atom stereocenters. The van der Waals surface area contributed by atoms with E-state index in [-0.39, 0.29) is 11.7 Å². The van der Waals surface area contributed by atoms with Gasteiger partial charge in [-0.15, -0.1) is 0 Å². The normalized spacial score (nSPS) is 18.2. The van der Waals surface area contributed by atoms with Crippen LogP contribution in [0.2, 0.25) is 0 Å². The Morgan fingerprint density at radius 1 is 1.33 bits per heavy atom. The number of nitrogens with one attached hydrogen (secondary N) is 1. The van der Waals surface area contributed by atoms with Gasteiger partial charge < -0.3 is 15.2 Å². The predicted octanol–water partition coefficient (Wildman–Crippen LogP) is 2.21. The number of aromatic hydroxyl groups is 1. The number of halogens is 1. The largest absolute Gasteiger partial charge is 0.504 e. The summed E-state index contributed by atoms with van der Waals surface area (Å²) in [5.41, 5.74) is 1.24. The van der Waals surface area contributed by atoms with E-state index in [0.29, 0.717) is 30.9 Å². The number of rotatable bonds is 4. The van der Waals surface area contributed by atoms with Crippen LogP contribution in [0.15, 0.2) is 42.5 Å². The van der Waals surface area contributed by atoms with Crippen molar-refractivity contribution >= 4 is 5.91 Å². The van der Waals surface area contributed by atoms with Crippen molar-refractivity contribution in [3.8, 4) is 11.5 Å². The SMILES string of the molecule is COc1cc(CN2CCNC(=O)[C@@H]2c2ccccc2F)ccc1O. The molecule has 1 heterocycles. The number of carbonyl (C=O) groups excluding carboxylic acids is 1. The van der Waals surface area contributed by atoms with Crippen LogP contribution in [0, 0.1) is 5.82 Å². The highest BCUT2D eigenvalue weighted by atomic mass is 19.1. The summed E-state index contributed by atoms with van der Waals surface area (Å²) in [5, 5.41) is 12.5. The quantitative estimate of drug-likeness (QED) is 0.902. The number of amides is 1. The summed E-state index contributed by atoms with van der Waals surface area (Å²) in [5.74, 6) is -0.176. The van der Waals surface area contributed by atoms with Gasteiger partial charge in [0.15, 0.2) is 11.5 Å². The average Bonchev–Trinajstić information content (AvgIpc) is 2.58. The van der Waals surface area contributed by atoms with Crippen LogP contribution < -0.4 is 10.1 Å². The zero-order chi connectivity index (χ0) is 17.1. The van der Waals surface area contributed by atoms with Crippen LogP contribution in [-0.4, -0.2) is 36.1 Å². The Labute approximate surface area is 139 Å². The minimum atomic E-state index is -0.681. The molecular weight excluding hydrogens is 311 g/mol. The number of phenols is 1. The first kappa shape index (κ1) is 16.3. The Bertz CT molecular complexity index is 751. The van der Waals surface area contributed by atoms with Gasteiger partial charge in [-0.2, -0.15) is 0 Å². The van der Waals surface area contributed by atoms with Crippen molar-refractivity contribution in [2.75, 3.05) is 20.2 Å². The van der Waals surface area contributed by atoms with Crippen molar-refractivity contribution in [1.82, 2.24) is 10.2 Å². The molecule has 0 unspecified atom stereocenters. The third kappa shape index (κ3) is 3.19. The van der Waals surface area contributed by atoms with Gasteiger partial charge in [0.25, 0.3) is 0 Å². The Morgan fingerprint density at radius 3 is 2.88 bits per heavy atom. The van der Waals surface area contributed by atoms with Gasteiger partial charge in [-0.3, -0.25) is 9.69 Å². The minimum Gasteiger partial charge on any atom is -0.504 e. The highest BCUT2D eigenvalue weighted by molar-refractivity contribution is 5.84. The van der Waals surface area contributed by atoms with Gasteiger partial charge in [-0.1, -0.05) is 24.3 Å². The van der Waals surface area contributed by atoms with Crippen molar-refractivity contribution in [2.24, 2.45) is 0 Å². The molecule has 1 saturated heterocycles. The average molecular weight is 330 g/mol. The highest BCUT2D eigenvalue weighted by Gasteiger charge is 2.32. The molecule has 1 fully saturated rings. The Hall–Kier alpha value is -2.60. The van der Waals surface area contributed by atoms with Gasteiger partial charge in [-0.25, -0.2) is 4.39 Å². The fraction of sp³-hybridized carbons (Fsp3) is 0.278. The molecular formula is C18H19FN2O3. The maximum atomic E-state index is 14.2. The van der Waals surface area contributed by atoms with E-state index < -0.39 is 11.9 Å². The van der Waals surface area contributed by atoms with E-state index in [4.69, 9.17) is 4.74 Å². The van der Waals surface area contributed by atoms with E-state index in [9.17, 15) is 14.3 Å². The number of hydrogen-bond acceptors (Lipinski definition) is 4. The van der Waals surface area contributed by atoms with E-state index in [1.807, 2.05) is 4.90 Å². The molecule has 0 aromatic heterocycles. The highest BCUT2D eigenvalue weighted by Crippen LogP contribution is 2.30. The first-order valence-electron chi connectivity index (χ1n) is 7.72. The molecule has 2 aromatic rings. The van der Waals surface area contributed by atoms with Crippen LogP contribution in [0.3, 0.4) is 0 Å². The van der Waals surface area contributed by atoms with Gasteiger partial charge in [0.2, 0.25) is 5.91 Å². The molecule has 0 bridgehead atoms. The number of benzene rings is 2. The third-order valence-corrected chi connectivity index (χ3v) is 4.14. The maximum Gasteiger partial charge on any atom is 0.242 e. The van der Waals surface area contributed by atoms with Crippen LogP contribution in [-0.2, 0) is 11.3 Å². The Kier molecular flexibility index (Phi) is 4.66. The van der Waals surface area contributed by atoms with Gasteiger partial charge in [0.1, 0.15) is 11.9 Å². The molecule has 1 amide bonds. The summed E-state index contributed by atoms with van der Waals surface area (Å²) in [7, 11) is 1.48. The first-order valence-corrected chi connectivity index (χ1v) is 7.72. The molecule has 0 aliphatic carbocycles. The summed E-state index contributed by atoms with van der Waals surface area (Å²) in [4.78, 5) is 14.3. The predicted molar refractivity (Wildman–Crippen MR) is 87.2 cm³/mol. The zero-order valence-electron chi connectivity index (χ0n) is 13.3. The molecule has 2 N–H and O–H groups in total. The van der Waals surface area contributed by atoms with Crippen LogP contribution in [0.1, 0.15) is 17.2 Å². The van der Waals surface area contributed by atoms with E-state index in [0.717, 1.165) is 5.56 Å². The van der Waals surface area contributed by atoms with Crippen LogP contribution in [0.4, 0.5) is 4.39 Å². The lowest BCUT2D eigenvalue weighted by Crippen LogP contribution is -2.49. The summed E-state index contributed by atoms with van der Waals surface area (Å²) < 4.78 is 19.3. The summed E-state index contributed by atoms with van der Waals surface area (Å²) in [6.07, 6.45) is 0. The van der Waals surface area contributed by atoms with Crippen molar-refractivity contribution in [3.63, 3.8) is 0 Å². The second-order valence-electron chi connectivity index (χ2n) is 5.69. The van der Waals surface area contributed by atoms with E-state index in [1.165, 1.54) is 13.2 Å². The smallest absolute Gasteiger partial charge is 0.242 e. The molecule has 0 saturated carbocycles. The molecule has 1 aliphatic rings. The molecule has 5 nitrogen and oxygen atoms in total. The number of nitrogens with zero attached hydrogens (tertiary/aromatic N) is 1. The van der Waals surface area contributed by atoms with Crippen LogP contribution in [0.5, 0.6) is 11.5 Å². The molecule has 0 spiro atoms. The zero-order valence-corrected chi connectivity index (χ0v) is 13.3. The lowest BCUT2D eigenvalue weighted by atomic mass is 10.0. The Morgan fingerprint density at radius 2 is 2.12 bits per heavy atom. The first-order chi connectivity index (χ1) is 11.6. The molecule has 1 aliphatic heterocycles. The number of hydrogen-bond donors (Lipinski definition) is 2. The fourth-order valence-corrected chi connectivity index (χ4v) is 2.97. The molecule has 2 aromatic carbocycles. The van der Waals surface area contributed by atoms with Crippen molar-refractivity contribution in [2.45, 2.75) is 12.6 Å². The lowest BCUT2D eigenvalue weighted by Gasteiger charge is -2.35. The van der Waals surface area contributed by atoms with Gasteiger partial charge >= 0.3 is 0 Å². The monoisotopic (exact) mass is 330 g/mol. The second kappa shape index (κ2) is 6.88. The van der Waals surface area contributed by atoms with Gasteiger partial charge in [-0.05, 0) is 23.8 Å². The number of phenolic OH excluding ortho intramolecular Hbond substituents is 1. The fourth-order valence-electron chi connectivity index (χ4n) is 2.97. The van der Waals surface area contributed by atoms with Crippen LogP contribution >= 0.6 is 0 Å². The van der Waals surface area contributed by atoms with Crippen molar-refractivity contribution in [1.29, 1.82) is 0 Å².